The lowest BCUT2D eigenvalue weighted by Gasteiger charge is -2.21. The summed E-state index contributed by atoms with van der Waals surface area (Å²) in [5, 5.41) is 0.288. The van der Waals surface area contributed by atoms with E-state index in [1.165, 1.54) is 12.4 Å². The van der Waals surface area contributed by atoms with Crippen molar-refractivity contribution in [3.8, 4) is 0 Å². The molecule has 0 N–H and O–H groups in total. The van der Waals surface area contributed by atoms with Crippen molar-refractivity contribution in [2.45, 2.75) is 18.8 Å². The number of rotatable bonds is 1. The Morgan fingerprint density at radius 3 is 2.76 bits per heavy atom. The third-order valence-corrected chi connectivity index (χ3v) is 4.03. The highest BCUT2D eigenvalue weighted by Gasteiger charge is 2.54. The van der Waals surface area contributed by atoms with Crippen LogP contribution in [0.15, 0.2) is 12.4 Å². The van der Waals surface area contributed by atoms with Crippen LogP contribution < -0.4 is 4.90 Å². The first-order valence-corrected chi connectivity index (χ1v) is 6.05. The molecule has 1 saturated heterocycles. The molecule has 0 amide bonds. The summed E-state index contributed by atoms with van der Waals surface area (Å²) in [6, 6.07) is 0. The molecular weight excluding hydrogens is 248 g/mol. The Morgan fingerprint density at radius 2 is 2.06 bits per heavy atom. The predicted molar refractivity (Wildman–Crippen MR) is 60.4 cm³/mol. The smallest absolute Gasteiger partial charge is 0.252 e. The Labute approximate surface area is 103 Å². The minimum Gasteiger partial charge on any atom is -0.353 e. The number of halogens is 3. The van der Waals surface area contributed by atoms with E-state index < -0.39 is 11.8 Å². The number of fused-ring (bicyclic) bond motifs is 1. The molecule has 2 atom stereocenters. The molecule has 6 heteroatoms. The van der Waals surface area contributed by atoms with Gasteiger partial charge >= 0.3 is 0 Å². The quantitative estimate of drug-likeness (QED) is 0.776. The Morgan fingerprint density at radius 1 is 1.29 bits per heavy atom. The van der Waals surface area contributed by atoms with Crippen LogP contribution in [-0.4, -0.2) is 29.0 Å². The number of nitrogens with zero attached hydrogens (tertiary/aromatic N) is 3. The molecule has 1 aromatic heterocycles. The first-order chi connectivity index (χ1) is 8.08. The second-order valence-corrected chi connectivity index (χ2v) is 5.10. The van der Waals surface area contributed by atoms with Gasteiger partial charge in [0.25, 0.3) is 5.92 Å². The molecular formula is C11H12ClF2N3. The average Bonchev–Trinajstić information content (AvgIpc) is 2.81. The van der Waals surface area contributed by atoms with E-state index >= 15 is 0 Å². The van der Waals surface area contributed by atoms with Crippen molar-refractivity contribution in [3.05, 3.63) is 17.5 Å². The van der Waals surface area contributed by atoms with Gasteiger partial charge in [0.2, 0.25) is 0 Å². The summed E-state index contributed by atoms with van der Waals surface area (Å²) in [6.07, 6.45) is 3.64. The van der Waals surface area contributed by atoms with Gasteiger partial charge in [-0.25, -0.2) is 18.7 Å². The van der Waals surface area contributed by atoms with Crippen LogP contribution in [0.2, 0.25) is 5.15 Å². The molecule has 2 aliphatic rings. The Hall–Kier alpha value is -0.970. The van der Waals surface area contributed by atoms with Crippen molar-refractivity contribution in [1.29, 1.82) is 0 Å². The van der Waals surface area contributed by atoms with E-state index in [0.29, 0.717) is 25.3 Å². The van der Waals surface area contributed by atoms with Crippen LogP contribution in [0.4, 0.5) is 14.6 Å². The Balaban J connectivity index is 1.84. The third-order valence-electron chi connectivity index (χ3n) is 3.77. The number of alkyl halides is 2. The van der Waals surface area contributed by atoms with Crippen molar-refractivity contribution in [2.75, 3.05) is 18.0 Å². The van der Waals surface area contributed by atoms with Crippen LogP contribution in [0.3, 0.4) is 0 Å². The SMILES string of the molecule is FC1(F)CC[C@@H]2CN(c3nccnc3Cl)C[C@@H]21. The van der Waals surface area contributed by atoms with Gasteiger partial charge in [-0.3, -0.25) is 0 Å². The molecule has 0 radical (unpaired) electrons. The van der Waals surface area contributed by atoms with Crippen molar-refractivity contribution in [2.24, 2.45) is 11.8 Å². The maximum Gasteiger partial charge on any atom is 0.252 e. The van der Waals surface area contributed by atoms with E-state index in [-0.39, 0.29) is 17.5 Å². The zero-order chi connectivity index (χ0) is 12.0. The van der Waals surface area contributed by atoms with Crippen LogP contribution >= 0.6 is 11.6 Å². The fraction of sp³-hybridized carbons (Fsp3) is 0.636. The number of hydrogen-bond acceptors (Lipinski definition) is 3. The molecule has 0 unspecified atom stereocenters. The molecule has 2 heterocycles. The van der Waals surface area contributed by atoms with E-state index in [4.69, 9.17) is 11.6 Å². The van der Waals surface area contributed by atoms with Gasteiger partial charge in [0.05, 0.1) is 0 Å². The van der Waals surface area contributed by atoms with Gasteiger partial charge in [0, 0.05) is 37.8 Å². The number of hydrogen-bond donors (Lipinski definition) is 0. The van der Waals surface area contributed by atoms with Crippen LogP contribution in [-0.2, 0) is 0 Å². The molecule has 0 aromatic carbocycles. The predicted octanol–water partition coefficient (Wildman–Crippen LogP) is 2.61. The van der Waals surface area contributed by atoms with Crippen molar-refractivity contribution in [1.82, 2.24) is 9.97 Å². The standard InChI is InChI=1S/C11H12ClF2N3/c12-9-10(16-4-3-15-9)17-5-7-1-2-11(13,14)8(7)6-17/h3-4,7-8H,1-2,5-6H2/t7-,8+/m1/s1. The van der Waals surface area contributed by atoms with E-state index in [1.54, 1.807) is 0 Å². The molecule has 17 heavy (non-hydrogen) atoms. The van der Waals surface area contributed by atoms with Crippen molar-refractivity contribution >= 4 is 17.4 Å². The summed E-state index contributed by atoms with van der Waals surface area (Å²) in [4.78, 5) is 9.88. The Bertz CT molecular complexity index is 440. The first-order valence-electron chi connectivity index (χ1n) is 5.67. The topological polar surface area (TPSA) is 29.0 Å². The zero-order valence-corrected chi connectivity index (χ0v) is 9.87. The second kappa shape index (κ2) is 3.77. The average molecular weight is 260 g/mol. The summed E-state index contributed by atoms with van der Waals surface area (Å²) < 4.78 is 27.2. The van der Waals surface area contributed by atoms with Crippen LogP contribution in [0, 0.1) is 11.8 Å². The van der Waals surface area contributed by atoms with E-state index in [2.05, 4.69) is 9.97 Å². The minimum absolute atomic E-state index is 0.0182. The highest BCUT2D eigenvalue weighted by atomic mass is 35.5. The highest BCUT2D eigenvalue weighted by Crippen LogP contribution is 2.49. The van der Waals surface area contributed by atoms with Gasteiger partial charge in [-0.15, -0.1) is 0 Å². The highest BCUT2D eigenvalue weighted by molar-refractivity contribution is 6.31. The molecule has 1 aliphatic carbocycles. The second-order valence-electron chi connectivity index (χ2n) is 4.74. The largest absolute Gasteiger partial charge is 0.353 e. The van der Waals surface area contributed by atoms with Crippen molar-refractivity contribution < 1.29 is 8.78 Å². The van der Waals surface area contributed by atoms with Gasteiger partial charge in [-0.1, -0.05) is 11.6 Å². The number of anilines is 1. The summed E-state index contributed by atoms with van der Waals surface area (Å²) >= 11 is 5.93. The fourth-order valence-corrected chi connectivity index (χ4v) is 3.13. The third kappa shape index (κ3) is 1.76. The zero-order valence-electron chi connectivity index (χ0n) is 9.11. The first kappa shape index (κ1) is 11.1. The van der Waals surface area contributed by atoms with Crippen LogP contribution in [0.5, 0.6) is 0 Å². The molecule has 0 bridgehead atoms. The molecule has 1 saturated carbocycles. The molecule has 0 spiro atoms. The maximum atomic E-state index is 13.6. The lowest BCUT2D eigenvalue weighted by atomic mass is 9.99. The van der Waals surface area contributed by atoms with Crippen molar-refractivity contribution in [3.63, 3.8) is 0 Å². The maximum absolute atomic E-state index is 13.6. The molecule has 2 fully saturated rings. The van der Waals surface area contributed by atoms with Crippen LogP contribution in [0.25, 0.3) is 0 Å². The van der Waals surface area contributed by atoms with E-state index in [9.17, 15) is 8.78 Å². The number of aromatic nitrogens is 2. The summed E-state index contributed by atoms with van der Waals surface area (Å²) in [5.41, 5.74) is 0. The molecule has 1 aromatic rings. The minimum atomic E-state index is -2.53. The molecule has 3 nitrogen and oxygen atoms in total. The fourth-order valence-electron chi connectivity index (χ4n) is 2.90. The summed E-state index contributed by atoms with van der Waals surface area (Å²) in [6.45, 7) is 0.939. The van der Waals surface area contributed by atoms with Gasteiger partial charge in [0.1, 0.15) is 0 Å². The van der Waals surface area contributed by atoms with Gasteiger partial charge in [0.15, 0.2) is 11.0 Å². The lowest BCUT2D eigenvalue weighted by Crippen LogP contribution is -2.29. The van der Waals surface area contributed by atoms with Gasteiger partial charge in [-0.2, -0.15) is 0 Å². The monoisotopic (exact) mass is 259 g/mol. The lowest BCUT2D eigenvalue weighted by molar-refractivity contribution is -0.0351. The van der Waals surface area contributed by atoms with E-state index in [1.807, 2.05) is 4.90 Å². The van der Waals surface area contributed by atoms with Crippen LogP contribution in [0.1, 0.15) is 12.8 Å². The normalized spacial score (nSPS) is 30.6. The molecule has 3 rings (SSSR count). The van der Waals surface area contributed by atoms with Gasteiger partial charge < -0.3 is 4.90 Å². The van der Waals surface area contributed by atoms with E-state index in [0.717, 1.165) is 0 Å². The molecule has 1 aliphatic heterocycles. The molecule has 92 valence electrons. The van der Waals surface area contributed by atoms with Gasteiger partial charge in [-0.05, 0) is 12.3 Å². The Kier molecular flexibility index (Phi) is 2.47. The summed E-state index contributed by atoms with van der Waals surface area (Å²) in [5.74, 6) is -2.50. The summed E-state index contributed by atoms with van der Waals surface area (Å²) in [7, 11) is 0.